The van der Waals surface area contributed by atoms with E-state index >= 15 is 0 Å². The lowest BCUT2D eigenvalue weighted by Gasteiger charge is -2.35. The Labute approximate surface area is 161 Å². The summed E-state index contributed by atoms with van der Waals surface area (Å²) in [7, 11) is 0. The molecule has 5 heteroatoms. The minimum Gasteiger partial charge on any atom is -0.494 e. The molecule has 1 fully saturated rings. The van der Waals surface area contributed by atoms with Crippen molar-refractivity contribution in [2.24, 2.45) is 0 Å². The van der Waals surface area contributed by atoms with Crippen molar-refractivity contribution < 1.29 is 9.53 Å². The number of para-hydroxylation sites is 2. The summed E-state index contributed by atoms with van der Waals surface area (Å²) in [5, 5.41) is 5.90. The van der Waals surface area contributed by atoms with Gasteiger partial charge in [-0.1, -0.05) is 42.8 Å². The zero-order valence-corrected chi connectivity index (χ0v) is 15.8. The van der Waals surface area contributed by atoms with E-state index in [4.69, 9.17) is 4.74 Å². The number of carbonyl (C=O) groups is 1. The quantitative estimate of drug-likeness (QED) is 0.690. The molecule has 0 radical (unpaired) electrons. The van der Waals surface area contributed by atoms with E-state index in [0.717, 1.165) is 44.0 Å². The molecule has 1 unspecified atom stereocenters. The monoisotopic (exact) mass is 367 g/mol. The van der Waals surface area contributed by atoms with Crippen molar-refractivity contribution in [2.75, 3.05) is 31.6 Å². The molecule has 0 aliphatic carbocycles. The fraction of sp³-hybridized carbons (Fsp3) is 0.409. The molecule has 2 N–H and O–H groups in total. The summed E-state index contributed by atoms with van der Waals surface area (Å²) in [5.41, 5.74) is 0.813. The van der Waals surface area contributed by atoms with E-state index in [-0.39, 0.29) is 6.03 Å². The van der Waals surface area contributed by atoms with Crippen molar-refractivity contribution in [2.45, 2.75) is 31.7 Å². The number of likely N-dealkylation sites (tertiary alicyclic amines) is 1. The fourth-order valence-electron chi connectivity index (χ4n) is 3.47. The van der Waals surface area contributed by atoms with E-state index in [1.807, 2.05) is 60.7 Å². The summed E-state index contributed by atoms with van der Waals surface area (Å²) in [6.07, 6.45) is 4.57. The molecule has 1 saturated heterocycles. The third kappa shape index (κ3) is 6.61. The van der Waals surface area contributed by atoms with Gasteiger partial charge >= 0.3 is 6.03 Å². The van der Waals surface area contributed by atoms with Crippen LogP contribution in [0.2, 0.25) is 0 Å². The smallest absolute Gasteiger partial charge is 0.319 e. The second kappa shape index (κ2) is 10.6. The minimum atomic E-state index is -0.140. The van der Waals surface area contributed by atoms with Crippen LogP contribution in [0, 0.1) is 0 Å². The largest absolute Gasteiger partial charge is 0.494 e. The Hall–Kier alpha value is -2.53. The fourth-order valence-corrected chi connectivity index (χ4v) is 3.47. The molecule has 0 aromatic heterocycles. The zero-order chi connectivity index (χ0) is 18.7. The number of anilines is 1. The number of nitrogens with one attached hydrogen (secondary N) is 2. The summed E-state index contributed by atoms with van der Waals surface area (Å²) in [6, 6.07) is 19.7. The maximum absolute atomic E-state index is 12.1. The van der Waals surface area contributed by atoms with Gasteiger partial charge in [0.05, 0.1) is 6.61 Å². The van der Waals surface area contributed by atoms with E-state index in [1.54, 1.807) is 0 Å². The van der Waals surface area contributed by atoms with E-state index in [1.165, 1.54) is 12.8 Å². The predicted octanol–water partition coefficient (Wildman–Crippen LogP) is 4.13. The average molecular weight is 367 g/mol. The normalized spacial score (nSPS) is 17.3. The standard InChI is InChI=1S/C22H29N3O2/c26-22(24-19-10-3-1-4-11-19)23-18-20-12-7-8-15-25(20)16-9-17-27-21-13-5-2-6-14-21/h1-6,10-11,13-14,20H,7-9,12,15-18H2,(H2,23,24,26). The number of hydrogen-bond acceptors (Lipinski definition) is 3. The van der Waals surface area contributed by atoms with Crippen LogP contribution in [0.4, 0.5) is 10.5 Å². The summed E-state index contributed by atoms with van der Waals surface area (Å²) >= 11 is 0. The number of piperidine rings is 1. The van der Waals surface area contributed by atoms with Gasteiger partial charge in [-0.2, -0.15) is 0 Å². The van der Waals surface area contributed by atoms with Gasteiger partial charge in [-0.3, -0.25) is 4.90 Å². The van der Waals surface area contributed by atoms with Crippen LogP contribution in [0.3, 0.4) is 0 Å². The number of ether oxygens (including phenoxy) is 1. The van der Waals surface area contributed by atoms with Gasteiger partial charge in [-0.05, 0) is 50.1 Å². The Balaban J connectivity index is 1.38. The summed E-state index contributed by atoms with van der Waals surface area (Å²) in [4.78, 5) is 14.6. The molecule has 5 nitrogen and oxygen atoms in total. The SMILES string of the molecule is O=C(NCC1CCCCN1CCCOc1ccccc1)Nc1ccccc1. The third-order valence-corrected chi connectivity index (χ3v) is 4.88. The molecule has 1 atom stereocenters. The molecular formula is C22H29N3O2. The number of nitrogens with zero attached hydrogens (tertiary/aromatic N) is 1. The van der Waals surface area contributed by atoms with Gasteiger partial charge in [0.2, 0.25) is 0 Å². The molecule has 2 amide bonds. The van der Waals surface area contributed by atoms with Crippen LogP contribution in [0.15, 0.2) is 60.7 Å². The lowest BCUT2D eigenvalue weighted by atomic mass is 10.0. The summed E-state index contributed by atoms with van der Waals surface area (Å²) in [6.45, 7) is 3.49. The molecule has 1 aliphatic rings. The molecule has 2 aromatic rings. The third-order valence-electron chi connectivity index (χ3n) is 4.88. The first kappa shape index (κ1) is 19.2. The topological polar surface area (TPSA) is 53.6 Å². The summed E-state index contributed by atoms with van der Waals surface area (Å²) < 4.78 is 5.79. The van der Waals surface area contributed by atoms with E-state index < -0.39 is 0 Å². The Bertz CT molecular complexity index is 678. The number of benzene rings is 2. The van der Waals surface area contributed by atoms with E-state index in [9.17, 15) is 4.79 Å². The highest BCUT2D eigenvalue weighted by Gasteiger charge is 2.22. The van der Waals surface area contributed by atoms with Gasteiger partial charge in [0.25, 0.3) is 0 Å². The first-order valence-electron chi connectivity index (χ1n) is 9.83. The molecule has 144 valence electrons. The van der Waals surface area contributed by atoms with Crippen molar-refractivity contribution in [3.63, 3.8) is 0 Å². The van der Waals surface area contributed by atoms with Gasteiger partial charge in [0.1, 0.15) is 5.75 Å². The highest BCUT2D eigenvalue weighted by atomic mass is 16.5. The van der Waals surface area contributed by atoms with Crippen LogP contribution in [0.1, 0.15) is 25.7 Å². The van der Waals surface area contributed by atoms with Gasteiger partial charge in [0, 0.05) is 24.8 Å². The summed E-state index contributed by atoms with van der Waals surface area (Å²) in [5.74, 6) is 0.923. The van der Waals surface area contributed by atoms with E-state index in [0.29, 0.717) is 12.6 Å². The second-order valence-corrected chi connectivity index (χ2v) is 6.90. The van der Waals surface area contributed by atoms with Crippen LogP contribution < -0.4 is 15.4 Å². The van der Waals surface area contributed by atoms with Gasteiger partial charge in [-0.25, -0.2) is 4.79 Å². The lowest BCUT2D eigenvalue weighted by molar-refractivity contribution is 0.136. The number of hydrogen-bond donors (Lipinski definition) is 2. The van der Waals surface area contributed by atoms with Crippen LogP contribution >= 0.6 is 0 Å². The van der Waals surface area contributed by atoms with Crippen LogP contribution in [-0.4, -0.2) is 43.2 Å². The zero-order valence-electron chi connectivity index (χ0n) is 15.8. The Kier molecular flexibility index (Phi) is 7.54. The molecule has 0 bridgehead atoms. The van der Waals surface area contributed by atoms with Crippen LogP contribution in [0.5, 0.6) is 5.75 Å². The first-order valence-corrected chi connectivity index (χ1v) is 9.83. The Morgan fingerprint density at radius 3 is 2.56 bits per heavy atom. The van der Waals surface area contributed by atoms with Crippen molar-refractivity contribution in [1.29, 1.82) is 0 Å². The van der Waals surface area contributed by atoms with Crippen LogP contribution in [-0.2, 0) is 0 Å². The second-order valence-electron chi connectivity index (χ2n) is 6.90. The highest BCUT2D eigenvalue weighted by Crippen LogP contribution is 2.17. The Morgan fingerprint density at radius 2 is 1.78 bits per heavy atom. The van der Waals surface area contributed by atoms with Crippen LogP contribution in [0.25, 0.3) is 0 Å². The molecule has 0 spiro atoms. The van der Waals surface area contributed by atoms with Crippen molar-refractivity contribution in [3.8, 4) is 5.75 Å². The van der Waals surface area contributed by atoms with Gasteiger partial charge in [0.15, 0.2) is 0 Å². The number of carbonyl (C=O) groups excluding carboxylic acids is 1. The van der Waals surface area contributed by atoms with Gasteiger partial charge < -0.3 is 15.4 Å². The predicted molar refractivity (Wildman–Crippen MR) is 109 cm³/mol. The van der Waals surface area contributed by atoms with Crippen molar-refractivity contribution in [3.05, 3.63) is 60.7 Å². The molecule has 0 saturated carbocycles. The van der Waals surface area contributed by atoms with Crippen molar-refractivity contribution in [1.82, 2.24) is 10.2 Å². The minimum absolute atomic E-state index is 0.140. The molecular weight excluding hydrogens is 338 g/mol. The first-order chi connectivity index (χ1) is 13.3. The molecule has 3 rings (SSSR count). The van der Waals surface area contributed by atoms with E-state index in [2.05, 4.69) is 15.5 Å². The van der Waals surface area contributed by atoms with Crippen molar-refractivity contribution >= 4 is 11.7 Å². The number of amides is 2. The van der Waals surface area contributed by atoms with Gasteiger partial charge in [-0.15, -0.1) is 0 Å². The number of rotatable bonds is 8. The molecule has 2 aromatic carbocycles. The maximum atomic E-state index is 12.1. The molecule has 1 aliphatic heterocycles. The average Bonchev–Trinajstić information content (AvgIpc) is 2.72. The molecule has 27 heavy (non-hydrogen) atoms. The highest BCUT2D eigenvalue weighted by molar-refractivity contribution is 5.89. The number of urea groups is 1. The Morgan fingerprint density at radius 1 is 1.04 bits per heavy atom. The molecule has 1 heterocycles. The maximum Gasteiger partial charge on any atom is 0.319 e. The lowest BCUT2D eigenvalue weighted by Crippen LogP contribution is -2.47.